The molecule has 0 aromatic heterocycles. The van der Waals surface area contributed by atoms with E-state index in [1.165, 1.54) is 6.42 Å². The summed E-state index contributed by atoms with van der Waals surface area (Å²) in [6.07, 6.45) is 3.04. The average molecular weight is 416 g/mol. The molecular formula is C21H45N5O3. The van der Waals surface area contributed by atoms with Gasteiger partial charge in [0.2, 0.25) is 11.8 Å². The topological polar surface area (TPSA) is 125 Å². The molecule has 4 amide bonds. The highest BCUT2D eigenvalue weighted by atomic mass is 16.2. The molecular weight excluding hydrogens is 370 g/mol. The predicted molar refractivity (Wildman–Crippen MR) is 119 cm³/mol. The minimum atomic E-state index is -0.647. The number of amides is 4. The maximum Gasteiger partial charge on any atom is 0.312 e. The zero-order valence-corrected chi connectivity index (χ0v) is 19.8. The molecule has 0 fully saturated rings. The quantitative estimate of drug-likeness (QED) is 0.331. The number of nitrogens with one attached hydrogen (secondary N) is 4. The van der Waals surface area contributed by atoms with Gasteiger partial charge in [-0.3, -0.25) is 9.59 Å². The van der Waals surface area contributed by atoms with Crippen LogP contribution in [0, 0.1) is 11.3 Å². The van der Waals surface area contributed by atoms with Gasteiger partial charge in [-0.15, -0.1) is 0 Å². The molecule has 0 rings (SSSR count). The van der Waals surface area contributed by atoms with Crippen molar-refractivity contribution in [3.05, 3.63) is 0 Å². The van der Waals surface area contributed by atoms with Crippen LogP contribution in [0.1, 0.15) is 74.1 Å². The normalized spacial score (nSPS) is 13.0. The Morgan fingerprint density at radius 2 is 1.52 bits per heavy atom. The van der Waals surface area contributed by atoms with Crippen molar-refractivity contribution in [2.45, 2.75) is 86.2 Å². The first-order valence-corrected chi connectivity index (χ1v) is 10.7. The first-order valence-electron chi connectivity index (χ1n) is 10.7. The lowest BCUT2D eigenvalue weighted by molar-refractivity contribution is -0.130. The van der Waals surface area contributed by atoms with E-state index in [9.17, 15) is 14.4 Å². The van der Waals surface area contributed by atoms with Crippen LogP contribution in [0.5, 0.6) is 0 Å². The van der Waals surface area contributed by atoms with Gasteiger partial charge in [-0.1, -0.05) is 54.9 Å². The fraction of sp³-hybridized carbons (Fsp3) is 0.857. The van der Waals surface area contributed by atoms with Crippen LogP contribution in [0.4, 0.5) is 4.79 Å². The van der Waals surface area contributed by atoms with E-state index in [2.05, 4.69) is 55.9 Å². The van der Waals surface area contributed by atoms with Gasteiger partial charge < -0.3 is 27.0 Å². The summed E-state index contributed by atoms with van der Waals surface area (Å²) in [5.74, 6) is -0.317. The predicted octanol–water partition coefficient (Wildman–Crippen LogP) is 2.13. The molecule has 0 aromatic rings. The first kappa shape index (κ1) is 29.4. The van der Waals surface area contributed by atoms with Gasteiger partial charge in [-0.2, -0.15) is 0 Å². The number of rotatable bonds is 11. The SMILES string of the molecule is CCC.CNC(C(=O)NC(CCCNC(N)=O)C(=O)NCCC(C)(C)C)C(C)C. The Labute approximate surface area is 177 Å². The molecule has 6 N–H and O–H groups in total. The maximum absolute atomic E-state index is 12.5. The van der Waals surface area contributed by atoms with Crippen LogP contribution in [0.15, 0.2) is 0 Å². The molecule has 0 heterocycles. The number of carbonyl (C=O) groups is 3. The zero-order chi connectivity index (χ0) is 23.0. The summed E-state index contributed by atoms with van der Waals surface area (Å²) >= 11 is 0. The number of likely N-dealkylation sites (N-methyl/N-ethyl adjacent to an activating group) is 1. The van der Waals surface area contributed by atoms with Crippen LogP contribution in [0.3, 0.4) is 0 Å². The van der Waals surface area contributed by atoms with Crippen LogP contribution >= 0.6 is 0 Å². The Morgan fingerprint density at radius 3 is 1.93 bits per heavy atom. The Bertz CT molecular complexity index is 475. The van der Waals surface area contributed by atoms with Crippen molar-refractivity contribution >= 4 is 17.8 Å². The Balaban J connectivity index is 0. The minimum absolute atomic E-state index is 0.0983. The van der Waals surface area contributed by atoms with E-state index in [4.69, 9.17) is 5.73 Å². The first-order chi connectivity index (χ1) is 13.4. The van der Waals surface area contributed by atoms with Crippen molar-refractivity contribution in [2.24, 2.45) is 17.1 Å². The average Bonchev–Trinajstić information content (AvgIpc) is 2.57. The smallest absolute Gasteiger partial charge is 0.312 e. The van der Waals surface area contributed by atoms with Gasteiger partial charge in [0.1, 0.15) is 6.04 Å². The maximum atomic E-state index is 12.5. The Kier molecular flexibility index (Phi) is 16.2. The summed E-state index contributed by atoms with van der Waals surface area (Å²) in [7, 11) is 1.72. The number of carbonyl (C=O) groups excluding carboxylic acids is 3. The summed E-state index contributed by atoms with van der Waals surface area (Å²) in [4.78, 5) is 35.7. The van der Waals surface area contributed by atoms with Gasteiger partial charge in [0, 0.05) is 13.1 Å². The zero-order valence-electron chi connectivity index (χ0n) is 19.8. The fourth-order valence-electron chi connectivity index (χ4n) is 2.50. The molecule has 0 aliphatic rings. The van der Waals surface area contributed by atoms with Crippen molar-refractivity contribution in [1.82, 2.24) is 21.3 Å². The van der Waals surface area contributed by atoms with E-state index in [0.29, 0.717) is 25.9 Å². The van der Waals surface area contributed by atoms with E-state index >= 15 is 0 Å². The van der Waals surface area contributed by atoms with E-state index in [0.717, 1.165) is 6.42 Å². The van der Waals surface area contributed by atoms with Crippen molar-refractivity contribution in [1.29, 1.82) is 0 Å². The molecule has 0 radical (unpaired) electrons. The van der Waals surface area contributed by atoms with Gasteiger partial charge in [-0.25, -0.2) is 4.79 Å². The van der Waals surface area contributed by atoms with Gasteiger partial charge in [0.15, 0.2) is 0 Å². The van der Waals surface area contributed by atoms with Crippen molar-refractivity contribution in [2.75, 3.05) is 20.1 Å². The summed E-state index contributed by atoms with van der Waals surface area (Å²) < 4.78 is 0. The summed E-state index contributed by atoms with van der Waals surface area (Å²) in [6.45, 7) is 15.4. The Hall–Kier alpha value is -1.83. The summed E-state index contributed by atoms with van der Waals surface area (Å²) in [5, 5.41) is 11.2. The third kappa shape index (κ3) is 16.8. The highest BCUT2D eigenvalue weighted by molar-refractivity contribution is 5.89. The molecule has 29 heavy (non-hydrogen) atoms. The number of primary amides is 1. The second-order valence-electron chi connectivity index (χ2n) is 8.81. The molecule has 0 aromatic carbocycles. The third-order valence-corrected chi connectivity index (χ3v) is 4.04. The van der Waals surface area contributed by atoms with Crippen LogP contribution in [0.2, 0.25) is 0 Å². The minimum Gasteiger partial charge on any atom is -0.354 e. The third-order valence-electron chi connectivity index (χ3n) is 4.04. The number of urea groups is 1. The van der Waals surface area contributed by atoms with Crippen LogP contribution in [-0.4, -0.2) is 50.1 Å². The highest BCUT2D eigenvalue weighted by Crippen LogP contribution is 2.17. The van der Waals surface area contributed by atoms with Gasteiger partial charge in [-0.05, 0) is 37.6 Å². The molecule has 2 atom stereocenters. The standard InChI is InChI=1S/C18H37N5O3.C3H8/c1-12(2)14(20-6)16(25)23-13(8-7-10-22-17(19)26)15(24)21-11-9-18(3,4)5;1-3-2/h12-14,20H,7-11H2,1-6H3,(H,21,24)(H,23,25)(H3,19,22,26);3H2,1-2H3. The fourth-order valence-corrected chi connectivity index (χ4v) is 2.50. The molecule has 8 nitrogen and oxygen atoms in total. The second kappa shape index (κ2) is 16.0. The van der Waals surface area contributed by atoms with Gasteiger partial charge >= 0.3 is 6.03 Å². The summed E-state index contributed by atoms with van der Waals surface area (Å²) in [6, 6.07) is -1.62. The van der Waals surface area contributed by atoms with Crippen molar-refractivity contribution < 1.29 is 14.4 Å². The van der Waals surface area contributed by atoms with Crippen molar-refractivity contribution in [3.8, 4) is 0 Å². The van der Waals surface area contributed by atoms with Crippen LogP contribution < -0.4 is 27.0 Å². The van der Waals surface area contributed by atoms with E-state index in [-0.39, 0.29) is 29.2 Å². The number of nitrogens with two attached hydrogens (primary N) is 1. The molecule has 0 saturated heterocycles. The number of hydrogen-bond acceptors (Lipinski definition) is 4. The molecule has 2 unspecified atom stereocenters. The largest absolute Gasteiger partial charge is 0.354 e. The monoisotopic (exact) mass is 415 g/mol. The van der Waals surface area contributed by atoms with Crippen LogP contribution in [0.25, 0.3) is 0 Å². The molecule has 0 bridgehead atoms. The molecule has 0 aliphatic carbocycles. The van der Waals surface area contributed by atoms with Crippen LogP contribution in [-0.2, 0) is 9.59 Å². The lowest BCUT2D eigenvalue weighted by Crippen LogP contribution is -2.54. The summed E-state index contributed by atoms with van der Waals surface area (Å²) in [5.41, 5.74) is 5.16. The second-order valence-corrected chi connectivity index (χ2v) is 8.81. The van der Waals surface area contributed by atoms with Gasteiger partial charge in [0.05, 0.1) is 6.04 Å². The molecule has 0 spiro atoms. The lowest BCUT2D eigenvalue weighted by atomic mass is 9.92. The van der Waals surface area contributed by atoms with Gasteiger partial charge in [0.25, 0.3) is 0 Å². The molecule has 0 saturated carbocycles. The van der Waals surface area contributed by atoms with Crippen molar-refractivity contribution in [3.63, 3.8) is 0 Å². The Morgan fingerprint density at radius 1 is 0.966 bits per heavy atom. The van der Waals surface area contributed by atoms with E-state index < -0.39 is 12.1 Å². The molecule has 0 aliphatic heterocycles. The number of hydrogen-bond donors (Lipinski definition) is 5. The van der Waals surface area contributed by atoms with E-state index in [1.807, 2.05) is 13.8 Å². The van der Waals surface area contributed by atoms with E-state index in [1.54, 1.807) is 7.05 Å². The molecule has 8 heteroatoms. The molecule has 172 valence electrons. The highest BCUT2D eigenvalue weighted by Gasteiger charge is 2.26. The lowest BCUT2D eigenvalue weighted by Gasteiger charge is -2.25.